The van der Waals surface area contributed by atoms with E-state index >= 15 is 0 Å². The summed E-state index contributed by atoms with van der Waals surface area (Å²) < 4.78 is 5.80. The smallest absolute Gasteiger partial charge is 0.230 e. The highest BCUT2D eigenvalue weighted by atomic mass is 16.5. The molecule has 4 rings (SSSR count). The molecule has 2 fully saturated rings. The Morgan fingerprint density at radius 3 is 2.91 bits per heavy atom. The highest BCUT2D eigenvalue weighted by Gasteiger charge is 2.65. The molecule has 1 spiro atoms. The van der Waals surface area contributed by atoms with Crippen molar-refractivity contribution in [2.45, 2.75) is 11.7 Å². The average molecular weight is 310 g/mol. The van der Waals surface area contributed by atoms with Gasteiger partial charge in [-0.25, -0.2) is 0 Å². The summed E-state index contributed by atoms with van der Waals surface area (Å²) in [5.41, 5.74) is 0.273. The van der Waals surface area contributed by atoms with Crippen LogP contribution < -0.4 is 5.11 Å². The maximum absolute atomic E-state index is 12.6. The third kappa shape index (κ3) is 2.11. The van der Waals surface area contributed by atoms with Crippen LogP contribution in [0.4, 0.5) is 0 Å². The molecule has 0 saturated carbocycles. The SMILES string of the molecule is O=C([O-])[C@H]1[C@@H]2C=C[C@@]3(CN(C/C=C/c4ccccc4)C(=O)[C@@H]13)O2. The van der Waals surface area contributed by atoms with Crippen molar-refractivity contribution in [2.75, 3.05) is 13.1 Å². The van der Waals surface area contributed by atoms with Gasteiger partial charge in [-0.15, -0.1) is 0 Å². The number of hydrogen-bond donors (Lipinski definition) is 0. The molecule has 23 heavy (non-hydrogen) atoms. The van der Waals surface area contributed by atoms with Gasteiger partial charge in [0.25, 0.3) is 0 Å². The van der Waals surface area contributed by atoms with Crippen molar-refractivity contribution in [2.24, 2.45) is 11.8 Å². The summed E-state index contributed by atoms with van der Waals surface area (Å²) in [7, 11) is 0. The zero-order valence-corrected chi connectivity index (χ0v) is 12.4. The molecule has 2 saturated heterocycles. The first kappa shape index (κ1) is 14.2. The van der Waals surface area contributed by atoms with Gasteiger partial charge in [0.1, 0.15) is 5.60 Å². The fourth-order valence-corrected chi connectivity index (χ4v) is 3.88. The fraction of sp³-hybridized carbons (Fsp3) is 0.333. The highest BCUT2D eigenvalue weighted by Crippen LogP contribution is 2.51. The van der Waals surface area contributed by atoms with Crippen molar-refractivity contribution in [1.29, 1.82) is 0 Å². The van der Waals surface area contributed by atoms with Crippen LogP contribution in [0.5, 0.6) is 0 Å². The zero-order valence-electron chi connectivity index (χ0n) is 12.4. The van der Waals surface area contributed by atoms with Gasteiger partial charge in [-0.3, -0.25) is 4.79 Å². The lowest BCUT2D eigenvalue weighted by atomic mass is 9.77. The Morgan fingerprint density at radius 2 is 2.17 bits per heavy atom. The number of hydrogen-bond acceptors (Lipinski definition) is 4. The van der Waals surface area contributed by atoms with Crippen molar-refractivity contribution in [1.82, 2.24) is 4.90 Å². The Balaban J connectivity index is 1.51. The van der Waals surface area contributed by atoms with Crippen LogP contribution in [-0.2, 0) is 14.3 Å². The normalized spacial score (nSPS) is 34.5. The van der Waals surface area contributed by atoms with Crippen molar-refractivity contribution in [3.05, 3.63) is 54.1 Å². The lowest BCUT2D eigenvalue weighted by Crippen LogP contribution is -2.45. The predicted molar refractivity (Wildman–Crippen MR) is 80.8 cm³/mol. The van der Waals surface area contributed by atoms with Gasteiger partial charge in [0.15, 0.2) is 0 Å². The van der Waals surface area contributed by atoms with E-state index in [0.717, 1.165) is 5.56 Å². The quantitative estimate of drug-likeness (QED) is 0.747. The lowest BCUT2D eigenvalue weighted by molar-refractivity contribution is -0.313. The number of aliphatic carboxylic acids is 1. The van der Waals surface area contributed by atoms with Crippen molar-refractivity contribution in [3.8, 4) is 0 Å². The van der Waals surface area contributed by atoms with Gasteiger partial charge < -0.3 is 19.5 Å². The summed E-state index contributed by atoms with van der Waals surface area (Å²) >= 11 is 0. The number of carboxylic acid groups (broad SMARTS) is 1. The minimum absolute atomic E-state index is 0.163. The first-order valence-corrected chi connectivity index (χ1v) is 7.69. The molecule has 3 aliphatic rings. The molecule has 0 radical (unpaired) electrons. The lowest BCUT2D eigenvalue weighted by Gasteiger charge is -2.24. The van der Waals surface area contributed by atoms with Gasteiger partial charge in [-0.1, -0.05) is 54.6 Å². The fourth-order valence-electron chi connectivity index (χ4n) is 3.88. The number of likely N-dealkylation sites (tertiary alicyclic amines) is 1. The summed E-state index contributed by atoms with van der Waals surface area (Å²) in [6.45, 7) is 0.833. The maximum Gasteiger partial charge on any atom is 0.230 e. The molecule has 2 bridgehead atoms. The second-order valence-electron chi connectivity index (χ2n) is 6.25. The highest BCUT2D eigenvalue weighted by molar-refractivity contribution is 5.90. The van der Waals surface area contributed by atoms with Crippen molar-refractivity contribution < 1.29 is 19.4 Å². The van der Waals surface area contributed by atoms with Gasteiger partial charge >= 0.3 is 0 Å². The molecule has 4 atom stereocenters. The molecule has 1 aromatic carbocycles. The molecule has 0 N–H and O–H groups in total. The first-order valence-electron chi connectivity index (χ1n) is 7.69. The van der Waals surface area contributed by atoms with E-state index in [2.05, 4.69) is 0 Å². The van der Waals surface area contributed by atoms with E-state index in [1.54, 1.807) is 11.0 Å². The molecule has 1 amide bonds. The monoisotopic (exact) mass is 310 g/mol. The topological polar surface area (TPSA) is 69.7 Å². The largest absolute Gasteiger partial charge is 0.550 e. The van der Waals surface area contributed by atoms with Gasteiger partial charge in [0, 0.05) is 18.4 Å². The van der Waals surface area contributed by atoms with Crippen LogP contribution in [0.2, 0.25) is 0 Å². The van der Waals surface area contributed by atoms with Crippen LogP contribution >= 0.6 is 0 Å². The van der Waals surface area contributed by atoms with Crippen LogP contribution in [0.15, 0.2) is 48.6 Å². The Kier molecular flexibility index (Phi) is 3.13. The van der Waals surface area contributed by atoms with Crippen molar-refractivity contribution >= 4 is 18.0 Å². The van der Waals surface area contributed by atoms with Gasteiger partial charge in [-0.2, -0.15) is 0 Å². The maximum atomic E-state index is 12.6. The Bertz CT molecular complexity index is 711. The second kappa shape index (κ2) is 5.06. The van der Waals surface area contributed by atoms with E-state index in [1.807, 2.05) is 48.6 Å². The number of fused-ring (bicyclic) bond motifs is 1. The predicted octanol–water partition coefficient (Wildman–Crippen LogP) is 0.232. The average Bonchev–Trinajstić information content (AvgIpc) is 3.17. The Morgan fingerprint density at radius 1 is 1.39 bits per heavy atom. The summed E-state index contributed by atoms with van der Waals surface area (Å²) in [5.74, 6) is -2.91. The zero-order chi connectivity index (χ0) is 16.0. The number of benzene rings is 1. The third-order valence-corrected chi connectivity index (χ3v) is 4.89. The van der Waals surface area contributed by atoms with E-state index in [-0.39, 0.29) is 5.91 Å². The van der Waals surface area contributed by atoms with E-state index in [4.69, 9.17) is 4.74 Å². The minimum atomic E-state index is -1.21. The molecule has 3 heterocycles. The van der Waals surface area contributed by atoms with E-state index in [1.165, 1.54) is 0 Å². The van der Waals surface area contributed by atoms with Crippen LogP contribution in [0, 0.1) is 11.8 Å². The summed E-state index contributed by atoms with van der Waals surface area (Å²) in [4.78, 5) is 25.6. The molecule has 0 unspecified atom stereocenters. The number of carbonyl (C=O) groups is 2. The van der Waals surface area contributed by atoms with Gasteiger partial charge in [0.05, 0.1) is 18.6 Å². The number of amides is 1. The van der Waals surface area contributed by atoms with Gasteiger partial charge in [0.2, 0.25) is 5.91 Å². The van der Waals surface area contributed by atoms with E-state index in [0.29, 0.717) is 13.1 Å². The molecule has 1 aromatic rings. The number of carbonyl (C=O) groups excluding carboxylic acids is 2. The second-order valence-corrected chi connectivity index (χ2v) is 6.25. The molecule has 0 aliphatic carbocycles. The standard InChI is InChI=1S/C18H17NO4/c20-16-15-14(17(21)22)13-8-9-18(15,23-13)11-19(16)10-4-7-12-5-2-1-3-6-12/h1-9,13-15H,10-11H2,(H,21,22)/p-1/b7-4+/t13-,14-,15+,18-/m0/s1. The molecule has 118 valence electrons. The molecule has 5 heteroatoms. The number of ether oxygens (including phenoxy) is 1. The van der Waals surface area contributed by atoms with Crippen LogP contribution in [0.25, 0.3) is 6.08 Å². The molecule has 5 nitrogen and oxygen atoms in total. The molecule has 3 aliphatic heterocycles. The number of rotatable bonds is 4. The Labute approximate surface area is 133 Å². The van der Waals surface area contributed by atoms with E-state index in [9.17, 15) is 14.7 Å². The van der Waals surface area contributed by atoms with E-state index < -0.39 is 29.5 Å². The number of nitrogens with zero attached hydrogens (tertiary/aromatic N) is 1. The Hall–Kier alpha value is -2.40. The van der Waals surface area contributed by atoms with Crippen LogP contribution in [0.1, 0.15) is 5.56 Å². The summed E-state index contributed by atoms with van der Waals surface area (Å²) in [6.07, 6.45) is 6.92. The van der Waals surface area contributed by atoms with Crippen LogP contribution in [-0.4, -0.2) is 41.6 Å². The van der Waals surface area contributed by atoms with Crippen molar-refractivity contribution in [3.63, 3.8) is 0 Å². The number of carboxylic acids is 1. The minimum Gasteiger partial charge on any atom is -0.550 e. The summed E-state index contributed by atoms with van der Waals surface area (Å²) in [6, 6.07) is 9.81. The van der Waals surface area contributed by atoms with Gasteiger partial charge in [-0.05, 0) is 5.56 Å². The first-order chi connectivity index (χ1) is 11.1. The van der Waals surface area contributed by atoms with Crippen LogP contribution in [0.3, 0.4) is 0 Å². The molecule has 0 aromatic heterocycles. The molecular formula is C18H16NO4-. The summed E-state index contributed by atoms with van der Waals surface area (Å²) in [5, 5.41) is 11.4. The molecular weight excluding hydrogens is 294 g/mol. The third-order valence-electron chi connectivity index (χ3n) is 4.89.